The van der Waals surface area contributed by atoms with Crippen molar-refractivity contribution in [3.8, 4) is 0 Å². The van der Waals surface area contributed by atoms with Crippen LogP contribution in [0, 0.1) is 8.99 Å². The topological polar surface area (TPSA) is 29.1 Å². The molecule has 0 unspecified atom stereocenters. The van der Waals surface area contributed by atoms with E-state index in [4.69, 9.17) is 0 Å². The number of allylic oxidation sites excluding steroid dienone is 9. The third-order valence-corrected chi connectivity index (χ3v) is 5.96. The van der Waals surface area contributed by atoms with Crippen LogP contribution in [0.4, 0.5) is 5.69 Å². The first-order chi connectivity index (χ1) is 13.7. The Morgan fingerprint density at radius 1 is 1.10 bits per heavy atom. The highest BCUT2D eigenvalue weighted by Gasteiger charge is 2.26. The minimum absolute atomic E-state index is 0.115. The van der Waals surface area contributed by atoms with Crippen LogP contribution in [0.25, 0.3) is 0 Å². The number of hydrogen-bond donors (Lipinski definition) is 1. The van der Waals surface area contributed by atoms with Crippen LogP contribution in [-0.4, -0.2) is 5.91 Å². The monoisotopic (exact) mass is 501 g/mol. The van der Waals surface area contributed by atoms with Gasteiger partial charge in [-0.2, -0.15) is 0 Å². The maximum atomic E-state index is 12.1. The minimum atomic E-state index is -0.115. The SMILES string of the molecule is CC(C=CC1=C(C)CCCC1(C)C)=CC=CC(C)=CC(=O)Nc1ccc(I)cc1. The van der Waals surface area contributed by atoms with Gasteiger partial charge >= 0.3 is 0 Å². The van der Waals surface area contributed by atoms with Crippen LogP contribution in [-0.2, 0) is 4.79 Å². The quantitative estimate of drug-likeness (QED) is 0.241. The zero-order valence-corrected chi connectivity index (χ0v) is 20.3. The first-order valence-corrected chi connectivity index (χ1v) is 11.2. The number of carbonyl (C=O) groups excluding carboxylic acids is 1. The average molecular weight is 501 g/mol. The predicted molar refractivity (Wildman–Crippen MR) is 134 cm³/mol. The van der Waals surface area contributed by atoms with Crippen molar-refractivity contribution in [3.63, 3.8) is 0 Å². The van der Waals surface area contributed by atoms with Gasteiger partial charge in [0.2, 0.25) is 5.91 Å². The largest absolute Gasteiger partial charge is 0.323 e. The van der Waals surface area contributed by atoms with Gasteiger partial charge in [0.25, 0.3) is 0 Å². The lowest BCUT2D eigenvalue weighted by Crippen LogP contribution is -2.19. The van der Waals surface area contributed by atoms with E-state index >= 15 is 0 Å². The highest BCUT2D eigenvalue weighted by molar-refractivity contribution is 14.1. The maximum Gasteiger partial charge on any atom is 0.248 e. The molecule has 0 atom stereocenters. The number of rotatable bonds is 6. The fourth-order valence-electron chi connectivity index (χ4n) is 3.60. The van der Waals surface area contributed by atoms with Gasteiger partial charge in [0.05, 0.1) is 0 Å². The zero-order valence-electron chi connectivity index (χ0n) is 18.2. The second-order valence-corrected chi connectivity index (χ2v) is 9.66. The summed E-state index contributed by atoms with van der Waals surface area (Å²) in [4.78, 5) is 12.1. The van der Waals surface area contributed by atoms with E-state index in [2.05, 4.69) is 73.8 Å². The Balaban J connectivity index is 1.95. The first-order valence-electron chi connectivity index (χ1n) is 10.2. The number of carbonyl (C=O) groups is 1. The molecule has 0 spiro atoms. The molecule has 1 aliphatic rings. The molecule has 1 aromatic rings. The van der Waals surface area contributed by atoms with Crippen molar-refractivity contribution in [1.29, 1.82) is 0 Å². The first kappa shape index (κ1) is 23.4. The summed E-state index contributed by atoms with van der Waals surface area (Å²) in [6.45, 7) is 11.0. The summed E-state index contributed by atoms with van der Waals surface area (Å²) < 4.78 is 1.14. The highest BCUT2D eigenvalue weighted by Crippen LogP contribution is 2.40. The van der Waals surface area contributed by atoms with Crippen LogP contribution >= 0.6 is 22.6 Å². The minimum Gasteiger partial charge on any atom is -0.323 e. The summed E-state index contributed by atoms with van der Waals surface area (Å²) in [6, 6.07) is 7.75. The van der Waals surface area contributed by atoms with E-state index < -0.39 is 0 Å². The predicted octanol–water partition coefficient (Wildman–Crippen LogP) is 7.76. The summed E-state index contributed by atoms with van der Waals surface area (Å²) >= 11 is 2.24. The van der Waals surface area contributed by atoms with Gasteiger partial charge in [-0.3, -0.25) is 4.79 Å². The maximum absolute atomic E-state index is 12.1. The summed E-state index contributed by atoms with van der Waals surface area (Å²) in [7, 11) is 0. The smallest absolute Gasteiger partial charge is 0.248 e. The van der Waals surface area contributed by atoms with Crippen LogP contribution in [0.15, 0.2) is 83.0 Å². The Hall–Kier alpha value is -1.88. The third-order valence-electron chi connectivity index (χ3n) is 5.24. The van der Waals surface area contributed by atoms with Crippen molar-refractivity contribution in [1.82, 2.24) is 0 Å². The number of nitrogens with one attached hydrogen (secondary N) is 1. The molecule has 3 heteroatoms. The van der Waals surface area contributed by atoms with Gasteiger partial charge in [0.15, 0.2) is 0 Å². The van der Waals surface area contributed by atoms with Crippen LogP contribution in [0.1, 0.15) is 53.9 Å². The molecule has 0 aromatic heterocycles. The Morgan fingerprint density at radius 3 is 2.45 bits per heavy atom. The van der Waals surface area contributed by atoms with Crippen molar-refractivity contribution >= 4 is 34.2 Å². The lowest BCUT2D eigenvalue weighted by atomic mass is 9.72. The summed E-state index contributed by atoms with van der Waals surface area (Å²) in [5.74, 6) is -0.115. The molecule has 0 heterocycles. The molecule has 29 heavy (non-hydrogen) atoms. The number of hydrogen-bond acceptors (Lipinski definition) is 1. The number of anilines is 1. The Morgan fingerprint density at radius 2 is 1.79 bits per heavy atom. The number of amides is 1. The van der Waals surface area contributed by atoms with Crippen LogP contribution in [0.5, 0.6) is 0 Å². The molecule has 0 saturated heterocycles. The van der Waals surface area contributed by atoms with E-state index in [0.29, 0.717) is 0 Å². The molecule has 1 aliphatic carbocycles. The molecule has 0 aliphatic heterocycles. The highest BCUT2D eigenvalue weighted by atomic mass is 127. The van der Waals surface area contributed by atoms with E-state index in [-0.39, 0.29) is 11.3 Å². The van der Waals surface area contributed by atoms with Crippen molar-refractivity contribution in [2.24, 2.45) is 5.41 Å². The molecule has 0 fully saturated rings. The summed E-state index contributed by atoms with van der Waals surface area (Å²) in [5, 5.41) is 2.88. The van der Waals surface area contributed by atoms with Gasteiger partial charge in [-0.15, -0.1) is 0 Å². The van der Waals surface area contributed by atoms with E-state index in [1.54, 1.807) is 6.08 Å². The zero-order chi connectivity index (χ0) is 21.4. The average Bonchev–Trinajstić information content (AvgIpc) is 2.62. The third kappa shape index (κ3) is 7.81. The lowest BCUT2D eigenvalue weighted by Gasteiger charge is -2.32. The standard InChI is InChI=1S/C26H32INO/c1-19(11-16-24-21(3)10-7-17-26(24,4)5)8-6-9-20(2)18-25(29)28-23-14-12-22(27)13-15-23/h6,8-9,11-16,18H,7,10,17H2,1-5H3,(H,28,29). The van der Waals surface area contributed by atoms with E-state index in [1.807, 2.05) is 43.3 Å². The molecular weight excluding hydrogens is 469 g/mol. The Kier molecular flexibility index (Phi) is 8.69. The molecule has 1 N–H and O–H groups in total. The molecule has 0 saturated carbocycles. The summed E-state index contributed by atoms with van der Waals surface area (Å²) in [6.07, 6.45) is 15.9. The van der Waals surface area contributed by atoms with E-state index in [9.17, 15) is 4.79 Å². The van der Waals surface area contributed by atoms with Crippen molar-refractivity contribution < 1.29 is 4.79 Å². The molecule has 0 bridgehead atoms. The molecular formula is C26H32INO. The molecule has 2 rings (SSSR count). The van der Waals surface area contributed by atoms with Gasteiger partial charge < -0.3 is 5.32 Å². The van der Waals surface area contributed by atoms with Crippen LogP contribution in [0.2, 0.25) is 0 Å². The van der Waals surface area contributed by atoms with Gasteiger partial charge in [-0.1, -0.05) is 55.4 Å². The van der Waals surface area contributed by atoms with Crippen molar-refractivity contribution in [3.05, 3.63) is 86.6 Å². The molecule has 1 amide bonds. The lowest BCUT2D eigenvalue weighted by molar-refractivity contribution is -0.111. The van der Waals surface area contributed by atoms with Crippen molar-refractivity contribution in [2.45, 2.75) is 53.9 Å². The van der Waals surface area contributed by atoms with Gasteiger partial charge in [0, 0.05) is 15.3 Å². The Labute approximate surface area is 189 Å². The molecule has 1 aromatic carbocycles. The second-order valence-electron chi connectivity index (χ2n) is 8.42. The molecule has 154 valence electrons. The molecule has 0 radical (unpaired) electrons. The van der Waals surface area contributed by atoms with E-state index in [0.717, 1.165) is 14.8 Å². The Bertz CT molecular complexity index is 880. The number of benzene rings is 1. The fraction of sp³-hybridized carbons (Fsp3) is 0.346. The van der Waals surface area contributed by atoms with Crippen LogP contribution in [0.3, 0.4) is 0 Å². The fourth-order valence-corrected chi connectivity index (χ4v) is 3.96. The van der Waals surface area contributed by atoms with Crippen molar-refractivity contribution in [2.75, 3.05) is 5.32 Å². The summed E-state index contributed by atoms with van der Waals surface area (Å²) in [5.41, 5.74) is 6.16. The van der Waals surface area contributed by atoms with Crippen LogP contribution < -0.4 is 5.32 Å². The van der Waals surface area contributed by atoms with Gasteiger partial charge in [-0.05, 0) is 103 Å². The van der Waals surface area contributed by atoms with E-state index in [1.165, 1.54) is 36.0 Å². The van der Waals surface area contributed by atoms with Gasteiger partial charge in [-0.25, -0.2) is 0 Å². The van der Waals surface area contributed by atoms with Gasteiger partial charge in [0.1, 0.15) is 0 Å². The molecule has 2 nitrogen and oxygen atoms in total. The second kappa shape index (κ2) is 10.8. The number of halogens is 1. The normalized spacial score (nSPS) is 18.0.